The van der Waals surface area contributed by atoms with Crippen LogP contribution < -0.4 is 4.74 Å². The molecule has 3 nitrogen and oxygen atoms in total. The van der Waals surface area contributed by atoms with Gasteiger partial charge in [-0.05, 0) is 58.0 Å². The number of hydrogen-bond donors (Lipinski definition) is 0. The van der Waals surface area contributed by atoms with Crippen molar-refractivity contribution in [2.24, 2.45) is 0 Å². The molecule has 108 valence electrons. The Balaban J connectivity index is 2.60. The molecular formula is C17H22O3. The zero-order chi connectivity index (χ0) is 15.0. The van der Waals surface area contributed by atoms with Crippen LogP contribution in [0.3, 0.4) is 0 Å². The van der Waals surface area contributed by atoms with Gasteiger partial charge in [-0.2, -0.15) is 0 Å². The summed E-state index contributed by atoms with van der Waals surface area (Å²) in [6.07, 6.45) is 3.85. The summed E-state index contributed by atoms with van der Waals surface area (Å²) in [4.78, 5) is 11.8. The molecule has 0 unspecified atom stereocenters. The normalized spacial score (nSPS) is 9.60. The number of rotatable bonds is 6. The monoisotopic (exact) mass is 274 g/mol. The molecule has 0 aliphatic rings. The summed E-state index contributed by atoms with van der Waals surface area (Å²) < 4.78 is 10.7. The Morgan fingerprint density at radius 2 is 1.70 bits per heavy atom. The van der Waals surface area contributed by atoms with Crippen molar-refractivity contribution >= 4 is 5.97 Å². The second kappa shape index (κ2) is 8.20. The fourth-order valence-corrected chi connectivity index (χ4v) is 1.38. The smallest absolute Gasteiger partial charge is 0.338 e. The number of esters is 1. The van der Waals surface area contributed by atoms with Crippen molar-refractivity contribution in [1.29, 1.82) is 0 Å². The van der Waals surface area contributed by atoms with Crippen molar-refractivity contribution in [3.63, 3.8) is 0 Å². The van der Waals surface area contributed by atoms with Gasteiger partial charge in [0.05, 0.1) is 5.56 Å². The van der Waals surface area contributed by atoms with Crippen molar-refractivity contribution < 1.29 is 14.3 Å². The minimum Gasteiger partial charge on any atom is -0.490 e. The van der Waals surface area contributed by atoms with Gasteiger partial charge >= 0.3 is 5.97 Å². The van der Waals surface area contributed by atoms with Gasteiger partial charge in [0.15, 0.2) is 0 Å². The molecule has 0 radical (unpaired) electrons. The summed E-state index contributed by atoms with van der Waals surface area (Å²) in [6.45, 7) is 8.75. The van der Waals surface area contributed by atoms with Crippen molar-refractivity contribution in [3.8, 4) is 5.75 Å². The molecule has 3 heteroatoms. The lowest BCUT2D eigenvalue weighted by Crippen LogP contribution is -2.05. The second-order valence-electron chi connectivity index (χ2n) is 5.00. The maximum absolute atomic E-state index is 11.8. The largest absolute Gasteiger partial charge is 0.490 e. The lowest BCUT2D eigenvalue weighted by Gasteiger charge is -2.06. The highest BCUT2D eigenvalue weighted by Crippen LogP contribution is 2.14. The number of ether oxygens (including phenoxy) is 2. The molecule has 20 heavy (non-hydrogen) atoms. The second-order valence-corrected chi connectivity index (χ2v) is 5.00. The Morgan fingerprint density at radius 1 is 1.05 bits per heavy atom. The molecule has 1 aromatic rings. The van der Waals surface area contributed by atoms with Crippen molar-refractivity contribution in [2.45, 2.75) is 27.7 Å². The van der Waals surface area contributed by atoms with Gasteiger partial charge in [-0.15, -0.1) is 0 Å². The first-order valence-corrected chi connectivity index (χ1v) is 6.65. The third-order valence-corrected chi connectivity index (χ3v) is 2.52. The third kappa shape index (κ3) is 6.23. The summed E-state index contributed by atoms with van der Waals surface area (Å²) in [5.41, 5.74) is 2.82. The van der Waals surface area contributed by atoms with E-state index in [9.17, 15) is 4.79 Å². The van der Waals surface area contributed by atoms with E-state index in [-0.39, 0.29) is 5.97 Å². The van der Waals surface area contributed by atoms with Crippen LogP contribution in [-0.2, 0) is 4.74 Å². The first-order chi connectivity index (χ1) is 9.49. The van der Waals surface area contributed by atoms with E-state index in [1.165, 1.54) is 5.57 Å². The van der Waals surface area contributed by atoms with Gasteiger partial charge in [-0.1, -0.05) is 17.2 Å². The van der Waals surface area contributed by atoms with Gasteiger partial charge in [0, 0.05) is 0 Å². The fraction of sp³-hybridized carbons (Fsp3) is 0.353. The molecule has 1 aromatic carbocycles. The van der Waals surface area contributed by atoms with Crippen molar-refractivity contribution in [2.75, 3.05) is 13.2 Å². The first-order valence-electron chi connectivity index (χ1n) is 6.65. The zero-order valence-electron chi connectivity index (χ0n) is 12.6. The minimum atomic E-state index is -0.338. The van der Waals surface area contributed by atoms with Crippen LogP contribution >= 0.6 is 0 Å². The molecule has 0 atom stereocenters. The lowest BCUT2D eigenvalue weighted by molar-refractivity contribution is 0.0548. The Morgan fingerprint density at radius 3 is 2.35 bits per heavy atom. The summed E-state index contributed by atoms with van der Waals surface area (Å²) in [5, 5.41) is 0. The van der Waals surface area contributed by atoms with Gasteiger partial charge in [0.25, 0.3) is 0 Å². The highest BCUT2D eigenvalue weighted by molar-refractivity contribution is 5.89. The molecule has 0 N–H and O–H groups in total. The molecule has 0 saturated carbocycles. The van der Waals surface area contributed by atoms with Crippen LogP contribution in [0.2, 0.25) is 0 Å². The molecular weight excluding hydrogens is 252 g/mol. The third-order valence-electron chi connectivity index (χ3n) is 2.52. The van der Waals surface area contributed by atoms with Crippen LogP contribution in [0, 0.1) is 0 Å². The van der Waals surface area contributed by atoms with E-state index < -0.39 is 0 Å². The topological polar surface area (TPSA) is 35.5 Å². The van der Waals surface area contributed by atoms with Crippen LogP contribution in [0.25, 0.3) is 0 Å². The highest BCUT2D eigenvalue weighted by Gasteiger charge is 2.07. The van der Waals surface area contributed by atoms with Gasteiger partial charge in [-0.3, -0.25) is 0 Å². The van der Waals surface area contributed by atoms with Gasteiger partial charge in [0.2, 0.25) is 0 Å². The van der Waals surface area contributed by atoms with Crippen LogP contribution in [0.1, 0.15) is 38.1 Å². The molecule has 0 fully saturated rings. The van der Waals surface area contributed by atoms with Crippen molar-refractivity contribution in [3.05, 3.63) is 53.1 Å². The Kier molecular flexibility index (Phi) is 6.57. The number of carbonyl (C=O) groups is 1. The Labute approximate surface area is 120 Å². The summed E-state index contributed by atoms with van der Waals surface area (Å²) in [6, 6.07) is 7.03. The minimum absolute atomic E-state index is 0.296. The summed E-state index contributed by atoms with van der Waals surface area (Å²) in [5.74, 6) is 0.328. The molecule has 0 bridgehead atoms. The van der Waals surface area contributed by atoms with Crippen LogP contribution in [-0.4, -0.2) is 19.2 Å². The van der Waals surface area contributed by atoms with E-state index in [1.54, 1.807) is 18.2 Å². The predicted molar refractivity (Wildman–Crippen MR) is 81.1 cm³/mol. The molecule has 0 aliphatic heterocycles. The highest BCUT2D eigenvalue weighted by atomic mass is 16.5. The van der Waals surface area contributed by atoms with E-state index in [1.807, 2.05) is 45.9 Å². The van der Waals surface area contributed by atoms with Gasteiger partial charge < -0.3 is 9.47 Å². The number of carbonyl (C=O) groups excluding carboxylic acids is 1. The Hall–Kier alpha value is -2.03. The molecule has 0 heterocycles. The van der Waals surface area contributed by atoms with E-state index in [4.69, 9.17) is 9.47 Å². The summed E-state index contributed by atoms with van der Waals surface area (Å²) >= 11 is 0. The zero-order valence-corrected chi connectivity index (χ0v) is 12.6. The van der Waals surface area contributed by atoms with Crippen LogP contribution in [0.5, 0.6) is 5.75 Å². The van der Waals surface area contributed by atoms with Crippen molar-refractivity contribution in [1.82, 2.24) is 0 Å². The first kappa shape index (κ1) is 16.0. The van der Waals surface area contributed by atoms with E-state index in [2.05, 4.69) is 0 Å². The molecule has 0 aromatic heterocycles. The van der Waals surface area contributed by atoms with E-state index in [0.717, 1.165) is 5.57 Å². The quantitative estimate of drug-likeness (QED) is 0.577. The van der Waals surface area contributed by atoms with Crippen LogP contribution in [0.4, 0.5) is 0 Å². The fourth-order valence-electron chi connectivity index (χ4n) is 1.38. The van der Waals surface area contributed by atoms with Gasteiger partial charge in [-0.25, -0.2) is 4.79 Å². The number of benzene rings is 1. The molecule has 1 rings (SSSR count). The summed E-state index contributed by atoms with van der Waals surface area (Å²) in [7, 11) is 0. The molecule has 0 saturated heterocycles. The van der Waals surface area contributed by atoms with E-state index in [0.29, 0.717) is 24.5 Å². The SMILES string of the molecule is CC(C)=CCOC(=O)c1cccc(OCC=C(C)C)c1. The molecule has 0 amide bonds. The Bertz CT molecular complexity index is 505. The van der Waals surface area contributed by atoms with E-state index >= 15 is 0 Å². The number of allylic oxidation sites excluding steroid dienone is 2. The maximum Gasteiger partial charge on any atom is 0.338 e. The predicted octanol–water partition coefficient (Wildman–Crippen LogP) is 4.15. The van der Waals surface area contributed by atoms with Gasteiger partial charge in [0.1, 0.15) is 19.0 Å². The average Bonchev–Trinajstić information content (AvgIpc) is 2.38. The van der Waals surface area contributed by atoms with Crippen LogP contribution in [0.15, 0.2) is 47.6 Å². The molecule has 0 aliphatic carbocycles. The number of hydrogen-bond acceptors (Lipinski definition) is 3. The molecule has 0 spiro atoms. The standard InChI is InChI=1S/C17H22O3/c1-13(2)8-10-19-16-7-5-6-15(12-16)17(18)20-11-9-14(3)4/h5-9,12H,10-11H2,1-4H3. The average molecular weight is 274 g/mol. The maximum atomic E-state index is 11.8. The lowest BCUT2D eigenvalue weighted by atomic mass is 10.2.